The summed E-state index contributed by atoms with van der Waals surface area (Å²) in [6.45, 7) is 1.44. The van der Waals surface area contributed by atoms with Crippen molar-refractivity contribution in [2.24, 2.45) is 0 Å². The molecule has 3 aromatic carbocycles. The second-order valence-corrected chi connectivity index (χ2v) is 5.96. The molecule has 3 nitrogen and oxygen atoms in total. The molecule has 3 aromatic rings. The summed E-state index contributed by atoms with van der Waals surface area (Å²) in [4.78, 5) is 11.6. The number of hydrogen-bond donors (Lipinski definition) is 2. The molecule has 0 aliphatic rings. The zero-order valence-corrected chi connectivity index (χ0v) is 14.1. The van der Waals surface area contributed by atoms with Gasteiger partial charge in [0, 0.05) is 16.8 Å². The van der Waals surface area contributed by atoms with Crippen molar-refractivity contribution >= 4 is 28.9 Å². The number of halogens is 2. The maximum absolute atomic E-state index is 13.8. The number of hydrogen-bond acceptors (Lipinski definition) is 2. The number of rotatable bonds is 4. The van der Waals surface area contributed by atoms with Gasteiger partial charge in [-0.25, -0.2) is 9.18 Å². The molecule has 0 radical (unpaired) electrons. The van der Waals surface area contributed by atoms with Gasteiger partial charge in [-0.3, -0.25) is 0 Å². The molecular weight excluding hydrogens is 341 g/mol. The van der Waals surface area contributed by atoms with Gasteiger partial charge in [0.05, 0.1) is 16.3 Å². The lowest BCUT2D eigenvalue weighted by Gasteiger charge is -2.16. The molecule has 25 heavy (non-hydrogen) atoms. The standard InChI is InChI=1S/C20H15ClFNO2/c1-12-15(22)10-11-17(18(12)20(24)25)23-16-9-5-8-14(21)19(16)13-6-3-2-4-7-13/h2-11,23H,1H3,(H,24,25). The molecule has 0 spiro atoms. The van der Waals surface area contributed by atoms with E-state index in [1.165, 1.54) is 19.1 Å². The van der Waals surface area contributed by atoms with E-state index in [1.807, 2.05) is 30.3 Å². The van der Waals surface area contributed by atoms with Crippen molar-refractivity contribution in [2.45, 2.75) is 6.92 Å². The number of carboxylic acids is 1. The van der Waals surface area contributed by atoms with E-state index in [1.54, 1.807) is 18.2 Å². The molecule has 0 saturated carbocycles. The van der Waals surface area contributed by atoms with E-state index in [-0.39, 0.29) is 11.1 Å². The van der Waals surface area contributed by atoms with Gasteiger partial charge in [0.2, 0.25) is 0 Å². The van der Waals surface area contributed by atoms with Gasteiger partial charge in [-0.15, -0.1) is 0 Å². The smallest absolute Gasteiger partial charge is 0.338 e. The highest BCUT2D eigenvalue weighted by Gasteiger charge is 2.18. The molecule has 5 heteroatoms. The monoisotopic (exact) mass is 355 g/mol. The molecule has 2 N–H and O–H groups in total. The number of nitrogens with one attached hydrogen (secondary N) is 1. The Balaban J connectivity index is 2.14. The highest BCUT2D eigenvalue weighted by molar-refractivity contribution is 6.34. The maximum atomic E-state index is 13.8. The summed E-state index contributed by atoms with van der Waals surface area (Å²) < 4.78 is 13.8. The minimum absolute atomic E-state index is 0.0841. The van der Waals surface area contributed by atoms with Crippen LogP contribution in [0.1, 0.15) is 15.9 Å². The van der Waals surface area contributed by atoms with Crippen molar-refractivity contribution in [2.75, 3.05) is 5.32 Å². The Kier molecular flexibility index (Phi) is 4.72. The Morgan fingerprint density at radius 1 is 1.00 bits per heavy atom. The van der Waals surface area contributed by atoms with Gasteiger partial charge in [-0.05, 0) is 36.8 Å². The number of benzene rings is 3. The summed E-state index contributed by atoms with van der Waals surface area (Å²) in [7, 11) is 0. The molecule has 0 unspecified atom stereocenters. The van der Waals surface area contributed by atoms with Crippen LogP contribution in [0.3, 0.4) is 0 Å². The Hall–Kier alpha value is -2.85. The topological polar surface area (TPSA) is 49.3 Å². The lowest BCUT2D eigenvalue weighted by molar-refractivity contribution is 0.0696. The second-order valence-electron chi connectivity index (χ2n) is 5.55. The van der Waals surface area contributed by atoms with Crippen molar-refractivity contribution in [3.8, 4) is 11.1 Å². The van der Waals surface area contributed by atoms with Gasteiger partial charge < -0.3 is 10.4 Å². The summed E-state index contributed by atoms with van der Waals surface area (Å²) in [5.74, 6) is -1.75. The number of carboxylic acid groups (broad SMARTS) is 1. The van der Waals surface area contributed by atoms with Crippen molar-refractivity contribution < 1.29 is 14.3 Å². The Morgan fingerprint density at radius 2 is 1.72 bits per heavy atom. The fraction of sp³-hybridized carbons (Fsp3) is 0.0500. The average molecular weight is 356 g/mol. The first-order valence-corrected chi connectivity index (χ1v) is 8.00. The zero-order chi connectivity index (χ0) is 18.0. The fourth-order valence-corrected chi connectivity index (χ4v) is 3.02. The van der Waals surface area contributed by atoms with Crippen LogP contribution in [0.15, 0.2) is 60.7 Å². The Bertz CT molecular complexity index is 942. The first kappa shape index (κ1) is 17.0. The van der Waals surface area contributed by atoms with Gasteiger partial charge in [-0.1, -0.05) is 48.0 Å². The number of anilines is 2. The lowest BCUT2D eigenvalue weighted by Crippen LogP contribution is -2.07. The van der Waals surface area contributed by atoms with E-state index in [0.29, 0.717) is 16.4 Å². The van der Waals surface area contributed by atoms with Crippen LogP contribution in [0.2, 0.25) is 5.02 Å². The molecule has 0 fully saturated rings. The molecule has 0 bridgehead atoms. The van der Waals surface area contributed by atoms with Crippen molar-refractivity contribution in [3.63, 3.8) is 0 Å². The molecule has 0 aliphatic carbocycles. The SMILES string of the molecule is Cc1c(F)ccc(Nc2cccc(Cl)c2-c2ccccc2)c1C(=O)O. The third-order valence-electron chi connectivity index (χ3n) is 3.96. The van der Waals surface area contributed by atoms with Crippen LogP contribution in [0.5, 0.6) is 0 Å². The predicted molar refractivity (Wildman–Crippen MR) is 98.3 cm³/mol. The molecule has 0 atom stereocenters. The molecule has 0 saturated heterocycles. The molecule has 0 heterocycles. The van der Waals surface area contributed by atoms with Crippen LogP contribution < -0.4 is 5.32 Å². The Morgan fingerprint density at radius 3 is 2.40 bits per heavy atom. The highest BCUT2D eigenvalue weighted by Crippen LogP contribution is 2.37. The predicted octanol–water partition coefficient (Wildman–Crippen LogP) is 5.90. The summed E-state index contributed by atoms with van der Waals surface area (Å²) in [6.07, 6.45) is 0. The largest absolute Gasteiger partial charge is 0.478 e. The van der Waals surface area contributed by atoms with Crippen LogP contribution in [0.4, 0.5) is 15.8 Å². The third-order valence-corrected chi connectivity index (χ3v) is 4.27. The molecule has 0 amide bonds. The summed E-state index contributed by atoms with van der Waals surface area (Å²) in [5, 5.41) is 13.1. The highest BCUT2D eigenvalue weighted by atomic mass is 35.5. The molecule has 0 aliphatic heterocycles. The normalized spacial score (nSPS) is 10.5. The van der Waals surface area contributed by atoms with E-state index in [4.69, 9.17) is 11.6 Å². The lowest BCUT2D eigenvalue weighted by atomic mass is 10.0. The molecule has 0 aromatic heterocycles. The van der Waals surface area contributed by atoms with E-state index >= 15 is 0 Å². The van der Waals surface area contributed by atoms with Crippen LogP contribution in [-0.2, 0) is 0 Å². The van der Waals surface area contributed by atoms with E-state index in [9.17, 15) is 14.3 Å². The van der Waals surface area contributed by atoms with Gasteiger partial charge in [-0.2, -0.15) is 0 Å². The van der Waals surface area contributed by atoms with Crippen LogP contribution in [0.25, 0.3) is 11.1 Å². The van der Waals surface area contributed by atoms with E-state index < -0.39 is 11.8 Å². The Labute approximate surface area is 149 Å². The van der Waals surface area contributed by atoms with Gasteiger partial charge in [0.1, 0.15) is 5.82 Å². The first-order chi connectivity index (χ1) is 12.0. The first-order valence-electron chi connectivity index (χ1n) is 7.62. The van der Waals surface area contributed by atoms with Crippen molar-refractivity contribution in [3.05, 3.63) is 82.6 Å². The molecule has 3 rings (SSSR count). The quantitative estimate of drug-likeness (QED) is 0.612. The summed E-state index contributed by atoms with van der Waals surface area (Å²) in [5.41, 5.74) is 2.59. The second kappa shape index (κ2) is 6.95. The van der Waals surface area contributed by atoms with E-state index in [2.05, 4.69) is 5.32 Å². The minimum atomic E-state index is -1.19. The van der Waals surface area contributed by atoms with Crippen LogP contribution in [0, 0.1) is 12.7 Å². The van der Waals surface area contributed by atoms with Gasteiger partial charge >= 0.3 is 5.97 Å². The number of aromatic carboxylic acids is 1. The fourth-order valence-electron chi connectivity index (χ4n) is 2.74. The zero-order valence-electron chi connectivity index (χ0n) is 13.4. The maximum Gasteiger partial charge on any atom is 0.338 e. The van der Waals surface area contributed by atoms with Gasteiger partial charge in [0.25, 0.3) is 0 Å². The molecule has 126 valence electrons. The van der Waals surface area contributed by atoms with Gasteiger partial charge in [0.15, 0.2) is 0 Å². The number of carbonyl (C=O) groups is 1. The minimum Gasteiger partial charge on any atom is -0.478 e. The third kappa shape index (κ3) is 3.35. The van der Waals surface area contributed by atoms with E-state index in [0.717, 1.165) is 11.1 Å². The average Bonchev–Trinajstić information content (AvgIpc) is 2.59. The molecular formula is C20H15ClFNO2. The van der Waals surface area contributed by atoms with Crippen LogP contribution >= 0.6 is 11.6 Å². The van der Waals surface area contributed by atoms with Crippen molar-refractivity contribution in [1.29, 1.82) is 0 Å². The summed E-state index contributed by atoms with van der Waals surface area (Å²) >= 11 is 6.37. The van der Waals surface area contributed by atoms with Crippen molar-refractivity contribution in [1.82, 2.24) is 0 Å². The van der Waals surface area contributed by atoms with Crippen LogP contribution in [-0.4, -0.2) is 11.1 Å². The summed E-state index contributed by atoms with van der Waals surface area (Å²) in [6, 6.07) is 17.5.